The lowest BCUT2D eigenvalue weighted by molar-refractivity contribution is 0.0471. The van der Waals surface area contributed by atoms with Crippen LogP contribution < -0.4 is 11.3 Å². The van der Waals surface area contributed by atoms with E-state index in [4.69, 9.17) is 10.6 Å². The molecule has 4 heteroatoms. The zero-order chi connectivity index (χ0) is 13.8. The molecule has 2 unspecified atom stereocenters. The second-order valence-corrected chi connectivity index (χ2v) is 6.49. The lowest BCUT2D eigenvalue weighted by Gasteiger charge is -2.30. The van der Waals surface area contributed by atoms with Crippen LogP contribution in [0.1, 0.15) is 22.3 Å². The molecule has 0 saturated carbocycles. The first kappa shape index (κ1) is 14.9. The fourth-order valence-electron chi connectivity index (χ4n) is 2.79. The molecule has 3 N–H and O–H groups in total. The maximum absolute atomic E-state index is 5.84. The molecule has 1 aliphatic rings. The van der Waals surface area contributed by atoms with Gasteiger partial charge in [-0.15, -0.1) is 0 Å². The van der Waals surface area contributed by atoms with E-state index in [-0.39, 0.29) is 12.1 Å². The summed E-state index contributed by atoms with van der Waals surface area (Å²) < 4.78 is 5.84. The van der Waals surface area contributed by atoms with Gasteiger partial charge in [-0.05, 0) is 43.9 Å². The Kier molecular flexibility index (Phi) is 5.28. The lowest BCUT2D eigenvalue weighted by atomic mass is 9.93. The zero-order valence-electron chi connectivity index (χ0n) is 12.0. The Bertz CT molecular complexity index is 407. The van der Waals surface area contributed by atoms with Crippen molar-refractivity contribution < 1.29 is 4.74 Å². The Morgan fingerprint density at radius 2 is 2.05 bits per heavy atom. The van der Waals surface area contributed by atoms with Crippen molar-refractivity contribution in [2.24, 2.45) is 5.84 Å². The maximum atomic E-state index is 5.84. The summed E-state index contributed by atoms with van der Waals surface area (Å²) in [4.78, 5) is 0. The minimum absolute atomic E-state index is 0.188. The number of aryl methyl sites for hydroxylation is 3. The van der Waals surface area contributed by atoms with Crippen LogP contribution in [0.3, 0.4) is 0 Å². The van der Waals surface area contributed by atoms with Crippen molar-refractivity contribution in [3.63, 3.8) is 0 Å². The number of hydrogen-bond donors (Lipinski definition) is 2. The second kappa shape index (κ2) is 6.75. The summed E-state index contributed by atoms with van der Waals surface area (Å²) >= 11 is 1.95. The van der Waals surface area contributed by atoms with Gasteiger partial charge < -0.3 is 4.74 Å². The Morgan fingerprint density at radius 1 is 1.37 bits per heavy atom. The van der Waals surface area contributed by atoms with Crippen molar-refractivity contribution >= 4 is 11.8 Å². The third kappa shape index (κ3) is 3.72. The van der Waals surface area contributed by atoms with Gasteiger partial charge in [0, 0.05) is 11.5 Å². The van der Waals surface area contributed by atoms with E-state index in [1.807, 2.05) is 11.8 Å². The molecule has 0 radical (unpaired) electrons. The van der Waals surface area contributed by atoms with Crippen molar-refractivity contribution in [2.75, 3.05) is 18.1 Å². The topological polar surface area (TPSA) is 47.3 Å². The first-order chi connectivity index (χ1) is 9.11. The number of rotatable bonds is 4. The highest BCUT2D eigenvalue weighted by atomic mass is 32.2. The van der Waals surface area contributed by atoms with E-state index >= 15 is 0 Å². The summed E-state index contributed by atoms with van der Waals surface area (Å²) in [6, 6.07) is 4.67. The summed E-state index contributed by atoms with van der Waals surface area (Å²) in [6.45, 7) is 7.33. The highest BCUT2D eigenvalue weighted by molar-refractivity contribution is 7.99. The number of hydrogen-bond acceptors (Lipinski definition) is 4. The van der Waals surface area contributed by atoms with Gasteiger partial charge in [-0.25, -0.2) is 0 Å². The van der Waals surface area contributed by atoms with Crippen LogP contribution >= 0.6 is 11.8 Å². The fourth-order valence-corrected chi connectivity index (χ4v) is 3.73. The average Bonchev–Trinajstić information content (AvgIpc) is 2.39. The smallest absolute Gasteiger partial charge is 0.0835 e. The van der Waals surface area contributed by atoms with Gasteiger partial charge in [0.25, 0.3) is 0 Å². The molecule has 1 aromatic rings. The summed E-state index contributed by atoms with van der Waals surface area (Å²) in [7, 11) is 0. The first-order valence-electron chi connectivity index (χ1n) is 6.84. The molecule has 1 saturated heterocycles. The molecule has 106 valence electrons. The number of nitrogens with one attached hydrogen (secondary N) is 1. The van der Waals surface area contributed by atoms with E-state index in [1.165, 1.54) is 22.3 Å². The molecular formula is C15H24N2OS. The van der Waals surface area contributed by atoms with E-state index in [0.29, 0.717) is 0 Å². The van der Waals surface area contributed by atoms with E-state index in [1.54, 1.807) is 0 Å². The third-order valence-corrected chi connectivity index (χ3v) is 4.79. The lowest BCUT2D eigenvalue weighted by Crippen LogP contribution is -2.49. The van der Waals surface area contributed by atoms with E-state index in [0.717, 1.165) is 24.5 Å². The van der Waals surface area contributed by atoms with Crippen LogP contribution in [-0.4, -0.2) is 30.3 Å². The van der Waals surface area contributed by atoms with Crippen LogP contribution in [0.25, 0.3) is 0 Å². The van der Waals surface area contributed by atoms with Gasteiger partial charge >= 0.3 is 0 Å². The number of ether oxygens (including phenoxy) is 1. The predicted molar refractivity (Wildman–Crippen MR) is 82.5 cm³/mol. The Labute approximate surface area is 120 Å². The average molecular weight is 280 g/mol. The second-order valence-electron chi connectivity index (χ2n) is 5.34. The molecule has 1 fully saturated rings. The van der Waals surface area contributed by atoms with Crippen LogP contribution in [0, 0.1) is 20.8 Å². The summed E-state index contributed by atoms with van der Waals surface area (Å²) in [5, 5.41) is 0. The monoisotopic (exact) mass is 280 g/mol. The Hall–Kier alpha value is -0.550. The first-order valence-corrected chi connectivity index (χ1v) is 7.99. The fraction of sp³-hybridized carbons (Fsp3) is 0.600. The van der Waals surface area contributed by atoms with E-state index < -0.39 is 0 Å². The Morgan fingerprint density at radius 3 is 2.58 bits per heavy atom. The van der Waals surface area contributed by atoms with Gasteiger partial charge in [-0.3, -0.25) is 11.3 Å². The van der Waals surface area contributed by atoms with Gasteiger partial charge in [0.15, 0.2) is 0 Å². The molecule has 0 aromatic heterocycles. The molecule has 0 bridgehead atoms. The van der Waals surface area contributed by atoms with Crippen molar-refractivity contribution in [1.29, 1.82) is 0 Å². The molecule has 2 atom stereocenters. The minimum atomic E-state index is 0.188. The zero-order valence-corrected chi connectivity index (χ0v) is 12.8. The maximum Gasteiger partial charge on any atom is 0.0835 e. The van der Waals surface area contributed by atoms with Crippen molar-refractivity contribution in [3.8, 4) is 0 Å². The molecular weight excluding hydrogens is 256 g/mol. The largest absolute Gasteiger partial charge is 0.375 e. The third-order valence-electron chi connectivity index (χ3n) is 3.77. The summed E-state index contributed by atoms with van der Waals surface area (Å²) in [5.41, 5.74) is 8.36. The summed E-state index contributed by atoms with van der Waals surface area (Å²) in [6.07, 6.45) is 1.14. The van der Waals surface area contributed by atoms with Gasteiger partial charge in [-0.1, -0.05) is 17.7 Å². The number of hydrazine groups is 1. The predicted octanol–water partition coefficient (Wildman–Crippen LogP) is 2.12. The molecule has 1 heterocycles. The van der Waals surface area contributed by atoms with Crippen molar-refractivity contribution in [2.45, 2.75) is 39.3 Å². The van der Waals surface area contributed by atoms with Crippen molar-refractivity contribution in [1.82, 2.24) is 5.43 Å². The highest BCUT2D eigenvalue weighted by Gasteiger charge is 2.25. The normalized spacial score (nSPS) is 21.4. The molecule has 3 nitrogen and oxygen atoms in total. The SMILES string of the molecule is Cc1cc(C)c(CC(NN)C2CSCCO2)c(C)c1. The van der Waals surface area contributed by atoms with Crippen LogP contribution in [-0.2, 0) is 11.2 Å². The van der Waals surface area contributed by atoms with Crippen LogP contribution in [0.5, 0.6) is 0 Å². The van der Waals surface area contributed by atoms with E-state index in [2.05, 4.69) is 38.3 Å². The van der Waals surface area contributed by atoms with Gasteiger partial charge in [0.2, 0.25) is 0 Å². The van der Waals surface area contributed by atoms with E-state index in [9.17, 15) is 0 Å². The number of nitrogens with two attached hydrogens (primary N) is 1. The standard InChI is InChI=1S/C15H24N2OS/c1-10-6-11(2)13(12(3)7-10)8-14(17-16)15-9-19-5-4-18-15/h6-7,14-15,17H,4-5,8-9,16H2,1-3H3. The molecule has 0 aliphatic carbocycles. The van der Waals surface area contributed by atoms with Gasteiger partial charge in [0.1, 0.15) is 0 Å². The van der Waals surface area contributed by atoms with Crippen molar-refractivity contribution in [3.05, 3.63) is 34.4 Å². The summed E-state index contributed by atoms with van der Waals surface area (Å²) in [5.74, 6) is 7.86. The molecule has 1 aliphatic heterocycles. The molecule has 19 heavy (non-hydrogen) atoms. The highest BCUT2D eigenvalue weighted by Crippen LogP contribution is 2.22. The quantitative estimate of drug-likeness (QED) is 0.655. The van der Waals surface area contributed by atoms with Crippen LogP contribution in [0.15, 0.2) is 12.1 Å². The number of benzene rings is 1. The van der Waals surface area contributed by atoms with Gasteiger partial charge in [-0.2, -0.15) is 11.8 Å². The number of thioether (sulfide) groups is 1. The minimum Gasteiger partial charge on any atom is -0.375 e. The molecule has 2 rings (SSSR count). The van der Waals surface area contributed by atoms with Crippen LogP contribution in [0.4, 0.5) is 0 Å². The van der Waals surface area contributed by atoms with Crippen LogP contribution in [0.2, 0.25) is 0 Å². The molecule has 1 aromatic carbocycles. The Balaban J connectivity index is 2.13. The molecule has 0 amide bonds. The van der Waals surface area contributed by atoms with Gasteiger partial charge in [0.05, 0.1) is 18.8 Å². The molecule has 0 spiro atoms.